The largest absolute Gasteiger partial charge is 0.508 e. The molecule has 118 valence electrons. The Morgan fingerprint density at radius 1 is 1.32 bits per heavy atom. The van der Waals surface area contributed by atoms with Gasteiger partial charge in [-0.25, -0.2) is 4.57 Å². The summed E-state index contributed by atoms with van der Waals surface area (Å²) in [6.45, 7) is 1.91. The Bertz CT molecular complexity index is 702. The van der Waals surface area contributed by atoms with Gasteiger partial charge in [0.1, 0.15) is 11.5 Å². The molecule has 0 aliphatic heterocycles. The Kier molecular flexibility index (Phi) is 4.86. The van der Waals surface area contributed by atoms with E-state index < -0.39 is 7.75 Å². The van der Waals surface area contributed by atoms with Crippen molar-refractivity contribution in [1.82, 2.24) is 0 Å². The number of phenolic OH excluding ortho intramolecular Hbond substituents is 1. The number of hydrogen-bond acceptors (Lipinski definition) is 3. The average Bonchev–Trinajstić information content (AvgIpc) is 2.41. The Morgan fingerprint density at radius 3 is 2.68 bits per heavy atom. The molecule has 1 aromatic carbocycles. The van der Waals surface area contributed by atoms with Crippen LogP contribution in [-0.2, 0) is 4.57 Å². The molecular formula is C15H18NO5P. The van der Waals surface area contributed by atoms with Gasteiger partial charge in [-0.2, -0.15) is 4.76 Å². The molecule has 0 heterocycles. The first kappa shape index (κ1) is 16.5. The van der Waals surface area contributed by atoms with Crippen molar-refractivity contribution >= 4 is 13.5 Å². The number of phenols is 1. The minimum absolute atomic E-state index is 0.0366. The van der Waals surface area contributed by atoms with Crippen LogP contribution in [-0.4, -0.2) is 25.7 Å². The quantitative estimate of drug-likeness (QED) is 0.636. The smallest absolute Gasteiger partial charge is 0.448 e. The highest BCUT2D eigenvalue weighted by molar-refractivity contribution is 7.50. The summed E-state index contributed by atoms with van der Waals surface area (Å²) in [7, 11) is -4.55. The van der Waals surface area contributed by atoms with Gasteiger partial charge in [0.25, 0.3) is 0 Å². The number of aliphatic hydroxyl groups excluding tert-OH is 1. The number of rotatable bonds is 4. The lowest BCUT2D eigenvalue weighted by Crippen LogP contribution is -2.11. The standard InChI is InChI=1S/C15H18NO5P/c1-10(11-4-2-5-12(17)9-11)8-13-14(16-22(19,20)21)6-3-7-15(13)18/h2-5,7,9-10,17-18H,6,8H2,1H3,(H2,19,20,21). The monoisotopic (exact) mass is 323 g/mol. The highest BCUT2D eigenvalue weighted by Gasteiger charge is 2.22. The van der Waals surface area contributed by atoms with Crippen LogP contribution in [0.2, 0.25) is 0 Å². The number of aliphatic hydroxyl groups is 1. The summed E-state index contributed by atoms with van der Waals surface area (Å²) < 4.78 is 14.5. The number of nitrogens with zero attached hydrogens (tertiary/aromatic N) is 1. The van der Waals surface area contributed by atoms with Crippen molar-refractivity contribution in [2.75, 3.05) is 0 Å². The lowest BCUT2D eigenvalue weighted by atomic mass is 9.88. The Hall–Kier alpha value is -1.88. The molecule has 1 aliphatic rings. The third-order valence-corrected chi connectivity index (χ3v) is 3.95. The zero-order chi connectivity index (χ0) is 16.3. The molecule has 6 nitrogen and oxygen atoms in total. The van der Waals surface area contributed by atoms with E-state index in [-0.39, 0.29) is 29.6 Å². The van der Waals surface area contributed by atoms with Crippen LogP contribution < -0.4 is 0 Å². The predicted octanol–water partition coefficient (Wildman–Crippen LogP) is 3.19. The van der Waals surface area contributed by atoms with E-state index >= 15 is 0 Å². The van der Waals surface area contributed by atoms with Crippen molar-refractivity contribution in [3.8, 4) is 5.75 Å². The van der Waals surface area contributed by atoms with Crippen molar-refractivity contribution in [3.05, 3.63) is 53.3 Å². The molecule has 0 aromatic heterocycles. The fraction of sp³-hybridized carbons (Fsp3) is 0.267. The summed E-state index contributed by atoms with van der Waals surface area (Å²) in [5, 5.41) is 19.5. The average molecular weight is 323 g/mol. The van der Waals surface area contributed by atoms with E-state index in [1.165, 1.54) is 6.08 Å². The maximum absolute atomic E-state index is 11.1. The molecule has 0 bridgehead atoms. The zero-order valence-corrected chi connectivity index (χ0v) is 12.9. The Labute approximate surface area is 128 Å². The molecule has 0 saturated heterocycles. The molecule has 22 heavy (non-hydrogen) atoms. The molecule has 0 saturated carbocycles. The van der Waals surface area contributed by atoms with Crippen molar-refractivity contribution in [2.24, 2.45) is 4.76 Å². The van der Waals surface area contributed by atoms with Gasteiger partial charge in [0.15, 0.2) is 0 Å². The summed E-state index contributed by atoms with van der Waals surface area (Å²) in [6.07, 6.45) is 3.73. The van der Waals surface area contributed by atoms with E-state index in [1.54, 1.807) is 24.3 Å². The van der Waals surface area contributed by atoms with E-state index in [4.69, 9.17) is 9.79 Å². The first-order valence-corrected chi connectivity index (χ1v) is 8.35. The second-order valence-electron chi connectivity index (χ2n) is 5.23. The summed E-state index contributed by atoms with van der Waals surface area (Å²) in [4.78, 5) is 18.0. The third-order valence-electron chi connectivity index (χ3n) is 3.44. The van der Waals surface area contributed by atoms with Gasteiger partial charge in [-0.3, -0.25) is 0 Å². The maximum atomic E-state index is 11.1. The summed E-state index contributed by atoms with van der Waals surface area (Å²) in [6, 6.07) is 6.76. The highest BCUT2D eigenvalue weighted by atomic mass is 31.2. The van der Waals surface area contributed by atoms with Crippen molar-refractivity contribution < 1.29 is 24.6 Å². The van der Waals surface area contributed by atoms with E-state index in [1.807, 2.05) is 13.0 Å². The number of aromatic hydroxyl groups is 1. The van der Waals surface area contributed by atoms with Gasteiger partial charge >= 0.3 is 7.75 Å². The first-order chi connectivity index (χ1) is 10.3. The van der Waals surface area contributed by atoms with Crippen molar-refractivity contribution in [1.29, 1.82) is 0 Å². The highest BCUT2D eigenvalue weighted by Crippen LogP contribution is 2.39. The van der Waals surface area contributed by atoms with E-state index in [0.717, 1.165) is 5.56 Å². The van der Waals surface area contributed by atoms with Gasteiger partial charge in [0.2, 0.25) is 0 Å². The van der Waals surface area contributed by atoms with E-state index in [0.29, 0.717) is 12.0 Å². The number of allylic oxidation sites excluding steroid dienone is 3. The lowest BCUT2D eigenvalue weighted by molar-refractivity contribution is 0.375. The second-order valence-corrected chi connectivity index (χ2v) is 6.46. The number of benzene rings is 1. The van der Waals surface area contributed by atoms with Crippen LogP contribution in [0.25, 0.3) is 0 Å². The zero-order valence-electron chi connectivity index (χ0n) is 12.0. The van der Waals surface area contributed by atoms with Crippen LogP contribution in [0, 0.1) is 0 Å². The minimum Gasteiger partial charge on any atom is -0.508 e. The molecule has 0 spiro atoms. The molecule has 0 fully saturated rings. The molecule has 1 aromatic rings. The normalized spacial score (nSPS) is 18.8. The Morgan fingerprint density at radius 2 is 2.05 bits per heavy atom. The fourth-order valence-electron chi connectivity index (χ4n) is 2.39. The van der Waals surface area contributed by atoms with Crippen LogP contribution in [0.5, 0.6) is 5.75 Å². The Balaban J connectivity index is 2.30. The van der Waals surface area contributed by atoms with Gasteiger partial charge in [-0.05, 0) is 36.1 Å². The molecule has 2 rings (SSSR count). The van der Waals surface area contributed by atoms with Crippen molar-refractivity contribution in [2.45, 2.75) is 25.7 Å². The summed E-state index contributed by atoms with van der Waals surface area (Å²) in [5.41, 5.74) is 1.48. The van der Waals surface area contributed by atoms with Crippen LogP contribution in [0.1, 0.15) is 31.2 Å². The minimum atomic E-state index is -4.55. The van der Waals surface area contributed by atoms with Gasteiger partial charge in [0.05, 0.1) is 5.71 Å². The van der Waals surface area contributed by atoms with E-state index in [2.05, 4.69) is 4.76 Å². The van der Waals surface area contributed by atoms with Crippen LogP contribution >= 0.6 is 7.75 Å². The summed E-state index contributed by atoms with van der Waals surface area (Å²) in [5.74, 6) is 0.0540. The number of hydrogen-bond donors (Lipinski definition) is 4. The molecule has 7 heteroatoms. The molecule has 0 radical (unpaired) electrons. The molecular weight excluding hydrogens is 305 g/mol. The predicted molar refractivity (Wildman–Crippen MR) is 84.0 cm³/mol. The third kappa shape index (κ3) is 4.31. The van der Waals surface area contributed by atoms with Crippen LogP contribution in [0.3, 0.4) is 0 Å². The maximum Gasteiger partial charge on any atom is 0.448 e. The van der Waals surface area contributed by atoms with Crippen LogP contribution in [0.4, 0.5) is 0 Å². The van der Waals surface area contributed by atoms with Crippen LogP contribution in [0.15, 0.2) is 52.5 Å². The first-order valence-electron chi connectivity index (χ1n) is 6.79. The fourth-order valence-corrected chi connectivity index (χ4v) is 2.91. The molecule has 1 unspecified atom stereocenters. The second kappa shape index (κ2) is 6.48. The van der Waals surface area contributed by atoms with Crippen molar-refractivity contribution in [3.63, 3.8) is 0 Å². The van der Waals surface area contributed by atoms with Gasteiger partial charge in [-0.15, -0.1) is 0 Å². The summed E-state index contributed by atoms with van der Waals surface area (Å²) >= 11 is 0. The molecule has 1 atom stereocenters. The van der Waals surface area contributed by atoms with E-state index in [9.17, 15) is 14.8 Å². The molecule has 0 amide bonds. The van der Waals surface area contributed by atoms with Gasteiger partial charge < -0.3 is 20.0 Å². The molecule has 4 N–H and O–H groups in total. The lowest BCUT2D eigenvalue weighted by Gasteiger charge is -2.19. The topological polar surface area (TPSA) is 110 Å². The van der Waals surface area contributed by atoms with Gasteiger partial charge in [0, 0.05) is 12.0 Å². The SMILES string of the molecule is CC(CC1=C(O)C=CCC1=NP(=O)(O)O)c1cccc(O)c1. The molecule has 1 aliphatic carbocycles. The van der Waals surface area contributed by atoms with Gasteiger partial charge in [-0.1, -0.05) is 25.1 Å².